The van der Waals surface area contributed by atoms with Gasteiger partial charge in [0.25, 0.3) is 5.91 Å². The zero-order valence-electron chi connectivity index (χ0n) is 13.0. The number of amides is 1. The summed E-state index contributed by atoms with van der Waals surface area (Å²) in [6.07, 6.45) is 1.03. The normalized spacial score (nSPS) is 10.9. The van der Waals surface area contributed by atoms with Crippen molar-refractivity contribution in [3.05, 3.63) is 59.1 Å². The van der Waals surface area contributed by atoms with Crippen LogP contribution in [0.4, 0.5) is 5.69 Å². The van der Waals surface area contributed by atoms with E-state index in [-0.39, 0.29) is 24.4 Å². The van der Waals surface area contributed by atoms with E-state index in [0.717, 1.165) is 6.26 Å². The number of halogens is 1. The summed E-state index contributed by atoms with van der Waals surface area (Å²) in [7, 11) is -3.47. The number of hydrogen-bond donors (Lipinski definition) is 2. The second kappa shape index (κ2) is 8.03. The van der Waals surface area contributed by atoms with Crippen LogP contribution in [0.5, 0.6) is 5.75 Å². The Labute approximate surface area is 145 Å². The van der Waals surface area contributed by atoms with Crippen molar-refractivity contribution in [2.24, 2.45) is 0 Å². The monoisotopic (exact) mass is 368 g/mol. The summed E-state index contributed by atoms with van der Waals surface area (Å²) in [6, 6.07) is 13.4. The van der Waals surface area contributed by atoms with E-state index >= 15 is 0 Å². The van der Waals surface area contributed by atoms with Crippen LogP contribution in [0, 0.1) is 0 Å². The van der Waals surface area contributed by atoms with Gasteiger partial charge < -0.3 is 10.1 Å². The molecule has 24 heavy (non-hydrogen) atoms. The van der Waals surface area contributed by atoms with Gasteiger partial charge >= 0.3 is 0 Å². The standard InChI is InChI=1S/C16H17ClN2O4S/c1-24(21,22)19-14-8-4-2-6-12(14)16(20)18-10-11-23-15-9-5-3-7-13(15)17/h2-9,19H,10-11H2,1H3,(H,18,20). The second-order valence-corrected chi connectivity index (χ2v) is 7.11. The quantitative estimate of drug-likeness (QED) is 0.735. The van der Waals surface area contributed by atoms with Crippen molar-refractivity contribution in [2.45, 2.75) is 0 Å². The molecule has 6 nitrogen and oxygen atoms in total. The first-order chi connectivity index (χ1) is 11.4. The number of sulfonamides is 1. The van der Waals surface area contributed by atoms with Gasteiger partial charge in [0.2, 0.25) is 10.0 Å². The molecule has 2 rings (SSSR count). The summed E-state index contributed by atoms with van der Waals surface area (Å²) in [5.41, 5.74) is 0.463. The number of ether oxygens (including phenoxy) is 1. The first-order valence-electron chi connectivity index (χ1n) is 7.09. The van der Waals surface area contributed by atoms with Crippen molar-refractivity contribution < 1.29 is 17.9 Å². The lowest BCUT2D eigenvalue weighted by Crippen LogP contribution is -2.29. The molecule has 0 heterocycles. The second-order valence-electron chi connectivity index (χ2n) is 4.95. The van der Waals surface area contributed by atoms with Crippen molar-refractivity contribution in [1.29, 1.82) is 0 Å². The minimum Gasteiger partial charge on any atom is -0.490 e. The van der Waals surface area contributed by atoms with Gasteiger partial charge in [-0.05, 0) is 24.3 Å². The van der Waals surface area contributed by atoms with E-state index in [2.05, 4.69) is 10.0 Å². The molecule has 2 aromatic rings. The van der Waals surface area contributed by atoms with Crippen molar-refractivity contribution in [3.8, 4) is 5.75 Å². The summed E-state index contributed by atoms with van der Waals surface area (Å²) in [4.78, 5) is 12.2. The van der Waals surface area contributed by atoms with Crippen molar-refractivity contribution in [3.63, 3.8) is 0 Å². The number of nitrogens with one attached hydrogen (secondary N) is 2. The molecule has 1 amide bonds. The summed E-state index contributed by atoms with van der Waals surface area (Å²) < 4.78 is 30.5. The van der Waals surface area contributed by atoms with E-state index in [4.69, 9.17) is 16.3 Å². The maximum atomic E-state index is 12.2. The third-order valence-electron chi connectivity index (χ3n) is 2.95. The van der Waals surface area contributed by atoms with E-state index in [1.54, 1.807) is 36.4 Å². The molecule has 0 saturated carbocycles. The van der Waals surface area contributed by atoms with Gasteiger partial charge in [0.1, 0.15) is 12.4 Å². The summed E-state index contributed by atoms with van der Waals surface area (Å²) in [5, 5.41) is 3.17. The van der Waals surface area contributed by atoms with E-state index in [1.165, 1.54) is 12.1 Å². The van der Waals surface area contributed by atoms with Gasteiger partial charge in [-0.1, -0.05) is 35.9 Å². The van der Waals surface area contributed by atoms with E-state index in [9.17, 15) is 13.2 Å². The molecule has 0 saturated heterocycles. The molecule has 2 N–H and O–H groups in total. The Morgan fingerprint density at radius 1 is 1.12 bits per heavy atom. The Morgan fingerprint density at radius 3 is 2.50 bits per heavy atom. The molecule has 0 unspecified atom stereocenters. The number of carbonyl (C=O) groups is 1. The topological polar surface area (TPSA) is 84.5 Å². The molecule has 8 heteroatoms. The fraction of sp³-hybridized carbons (Fsp3) is 0.188. The van der Waals surface area contributed by atoms with Crippen LogP contribution in [0.1, 0.15) is 10.4 Å². The fourth-order valence-corrected chi connectivity index (χ4v) is 2.72. The third-order valence-corrected chi connectivity index (χ3v) is 3.85. The van der Waals surface area contributed by atoms with Gasteiger partial charge in [-0.2, -0.15) is 0 Å². The van der Waals surface area contributed by atoms with Crippen LogP contribution >= 0.6 is 11.6 Å². The minimum absolute atomic E-state index is 0.226. The Bertz CT molecular complexity index is 824. The summed E-state index contributed by atoms with van der Waals surface area (Å²) >= 11 is 5.97. The smallest absolute Gasteiger partial charge is 0.253 e. The predicted octanol–water partition coefficient (Wildman–Crippen LogP) is 2.52. The molecule has 0 fully saturated rings. The average Bonchev–Trinajstić information content (AvgIpc) is 2.52. The van der Waals surface area contributed by atoms with E-state index < -0.39 is 15.9 Å². The highest BCUT2D eigenvalue weighted by molar-refractivity contribution is 7.92. The van der Waals surface area contributed by atoms with Gasteiger partial charge in [0, 0.05) is 0 Å². The average molecular weight is 369 g/mol. The molecule has 0 aliphatic heterocycles. The summed E-state index contributed by atoms with van der Waals surface area (Å²) in [5.74, 6) is 0.136. The minimum atomic E-state index is -3.47. The van der Waals surface area contributed by atoms with E-state index in [0.29, 0.717) is 10.8 Å². The number of carbonyl (C=O) groups excluding carboxylic acids is 1. The Hall–Kier alpha value is -2.25. The number of rotatable bonds is 7. The highest BCUT2D eigenvalue weighted by Gasteiger charge is 2.13. The lowest BCUT2D eigenvalue weighted by molar-refractivity contribution is 0.0948. The largest absolute Gasteiger partial charge is 0.490 e. The third kappa shape index (κ3) is 5.43. The highest BCUT2D eigenvalue weighted by atomic mass is 35.5. The highest BCUT2D eigenvalue weighted by Crippen LogP contribution is 2.22. The van der Waals surface area contributed by atoms with Crippen LogP contribution in [0.3, 0.4) is 0 Å². The molecule has 2 aromatic carbocycles. The molecule has 0 spiro atoms. The lowest BCUT2D eigenvalue weighted by atomic mass is 10.1. The molecule has 0 bridgehead atoms. The number of hydrogen-bond acceptors (Lipinski definition) is 4. The van der Waals surface area contributed by atoms with Crippen LogP contribution in [-0.2, 0) is 10.0 Å². The van der Waals surface area contributed by atoms with Crippen LogP contribution in [0.2, 0.25) is 5.02 Å². The SMILES string of the molecule is CS(=O)(=O)Nc1ccccc1C(=O)NCCOc1ccccc1Cl. The van der Waals surface area contributed by atoms with Crippen molar-refractivity contribution in [1.82, 2.24) is 5.32 Å². The maximum absolute atomic E-state index is 12.2. The predicted molar refractivity (Wildman–Crippen MR) is 94.2 cm³/mol. The molecular formula is C16H17ClN2O4S. The summed E-state index contributed by atoms with van der Waals surface area (Å²) in [6.45, 7) is 0.481. The first kappa shape index (κ1) is 18.1. The van der Waals surface area contributed by atoms with Gasteiger partial charge in [-0.25, -0.2) is 8.42 Å². The number of benzene rings is 2. The van der Waals surface area contributed by atoms with Crippen molar-refractivity contribution >= 4 is 33.2 Å². The van der Waals surface area contributed by atoms with Gasteiger partial charge in [-0.15, -0.1) is 0 Å². The Morgan fingerprint density at radius 2 is 1.79 bits per heavy atom. The lowest BCUT2D eigenvalue weighted by Gasteiger charge is -2.12. The number of para-hydroxylation sites is 2. The molecule has 0 aliphatic carbocycles. The van der Waals surface area contributed by atoms with Crippen LogP contribution < -0.4 is 14.8 Å². The van der Waals surface area contributed by atoms with Crippen LogP contribution in [0.25, 0.3) is 0 Å². The van der Waals surface area contributed by atoms with Crippen molar-refractivity contribution in [2.75, 3.05) is 24.1 Å². The molecule has 0 radical (unpaired) electrons. The molecule has 128 valence electrons. The maximum Gasteiger partial charge on any atom is 0.253 e. The van der Waals surface area contributed by atoms with E-state index in [1.807, 2.05) is 0 Å². The number of anilines is 1. The van der Waals surface area contributed by atoms with Gasteiger partial charge in [-0.3, -0.25) is 9.52 Å². The Kier molecular flexibility index (Phi) is 6.05. The molecular weight excluding hydrogens is 352 g/mol. The molecule has 0 atom stereocenters. The van der Waals surface area contributed by atoms with Gasteiger partial charge in [0.15, 0.2) is 0 Å². The fourth-order valence-electron chi connectivity index (χ4n) is 1.95. The van der Waals surface area contributed by atoms with Crippen LogP contribution in [-0.4, -0.2) is 33.7 Å². The zero-order chi connectivity index (χ0) is 17.6. The Balaban J connectivity index is 1.92. The zero-order valence-corrected chi connectivity index (χ0v) is 14.5. The van der Waals surface area contributed by atoms with Crippen LogP contribution in [0.15, 0.2) is 48.5 Å². The molecule has 0 aromatic heterocycles. The first-order valence-corrected chi connectivity index (χ1v) is 9.36. The van der Waals surface area contributed by atoms with Gasteiger partial charge in [0.05, 0.1) is 29.1 Å². The molecule has 0 aliphatic rings.